The number of unbranched alkanes of at least 4 members (excludes halogenated alkanes) is 5. The summed E-state index contributed by atoms with van der Waals surface area (Å²) in [6.45, 7) is 2.13. The molecule has 1 aromatic rings. The molecule has 0 fully saturated rings. The van der Waals surface area contributed by atoms with E-state index in [9.17, 15) is 19.8 Å². The van der Waals surface area contributed by atoms with Crippen LogP contribution in [0.3, 0.4) is 0 Å². The molecule has 0 amide bonds. The Morgan fingerprint density at radius 3 is 1.95 bits per heavy atom. The third kappa shape index (κ3) is 5.78. The van der Waals surface area contributed by atoms with Gasteiger partial charge in [-0.2, -0.15) is 0 Å². The summed E-state index contributed by atoms with van der Waals surface area (Å²) in [6.07, 6.45) is 6.08. The van der Waals surface area contributed by atoms with E-state index in [-0.39, 0.29) is 59.2 Å². The van der Waals surface area contributed by atoms with Crippen molar-refractivity contribution in [2.75, 3.05) is 0 Å². The molecular formula is C17H25KO4. The van der Waals surface area contributed by atoms with E-state index < -0.39 is 17.4 Å². The average molecular weight is 332 g/mol. The van der Waals surface area contributed by atoms with Crippen LogP contribution in [0.2, 0.25) is 0 Å². The van der Waals surface area contributed by atoms with Crippen molar-refractivity contribution in [2.45, 2.75) is 57.3 Å². The normalized spacial score (nSPS) is 10.8. The van der Waals surface area contributed by atoms with Gasteiger partial charge in [-0.25, -0.2) is 0 Å². The molecule has 0 aliphatic rings. The second-order valence-corrected chi connectivity index (χ2v) is 5.40. The van der Waals surface area contributed by atoms with Crippen LogP contribution >= 0.6 is 0 Å². The van der Waals surface area contributed by atoms with E-state index in [1.807, 2.05) is 0 Å². The molecule has 0 heterocycles. The average Bonchev–Trinajstić information content (AvgIpc) is 2.47. The minimum absolute atomic E-state index is 0. The zero-order valence-corrected chi connectivity index (χ0v) is 16.7. The van der Waals surface area contributed by atoms with Crippen molar-refractivity contribution in [3.63, 3.8) is 0 Å². The van der Waals surface area contributed by atoms with Crippen molar-refractivity contribution in [1.82, 2.24) is 0 Å². The number of carboxylic acids is 2. The van der Waals surface area contributed by atoms with Crippen LogP contribution in [0.25, 0.3) is 0 Å². The standard InChI is InChI=1S/C17H24O4.K.H/c1-2-3-4-5-6-10-13-17(15(18)19,16(20)21)14-11-8-7-9-12-14;;/h7-9,11-12H,2-6,10,13H2,1H3,(H,18,19)(H,20,21);;/q;+1;-1. The fourth-order valence-electron chi connectivity index (χ4n) is 2.59. The first kappa shape index (κ1) is 21.8. The Hall–Kier alpha value is -0.204. The van der Waals surface area contributed by atoms with Gasteiger partial charge < -0.3 is 11.6 Å². The summed E-state index contributed by atoms with van der Waals surface area (Å²) in [5.74, 6) is -2.57. The molecule has 0 aliphatic heterocycles. The molecule has 2 N–H and O–H groups in total. The summed E-state index contributed by atoms with van der Waals surface area (Å²) < 4.78 is 0. The zero-order valence-electron chi connectivity index (χ0n) is 14.5. The maximum atomic E-state index is 11.6. The molecule has 0 aromatic heterocycles. The van der Waals surface area contributed by atoms with E-state index in [1.54, 1.807) is 30.3 Å². The van der Waals surface area contributed by atoms with E-state index in [1.165, 1.54) is 6.42 Å². The van der Waals surface area contributed by atoms with Crippen LogP contribution < -0.4 is 51.4 Å². The first-order valence-corrected chi connectivity index (χ1v) is 7.58. The van der Waals surface area contributed by atoms with Gasteiger partial charge in [0.2, 0.25) is 0 Å². The summed E-state index contributed by atoms with van der Waals surface area (Å²) >= 11 is 0. The second-order valence-electron chi connectivity index (χ2n) is 5.40. The molecule has 0 spiro atoms. The maximum absolute atomic E-state index is 11.6. The van der Waals surface area contributed by atoms with E-state index in [2.05, 4.69) is 6.92 Å². The minimum Gasteiger partial charge on any atom is -1.00 e. The predicted octanol–water partition coefficient (Wildman–Crippen LogP) is 0.961. The first-order valence-electron chi connectivity index (χ1n) is 7.58. The molecule has 4 nitrogen and oxygen atoms in total. The predicted molar refractivity (Wildman–Crippen MR) is 82.5 cm³/mol. The summed E-state index contributed by atoms with van der Waals surface area (Å²) in [5, 5.41) is 19.0. The number of carbonyl (C=O) groups is 2. The molecule has 0 unspecified atom stereocenters. The van der Waals surface area contributed by atoms with E-state index in [0.29, 0.717) is 12.0 Å². The van der Waals surface area contributed by atoms with Crippen molar-refractivity contribution < 1.29 is 72.6 Å². The quantitative estimate of drug-likeness (QED) is 0.380. The fraction of sp³-hybridized carbons (Fsp3) is 0.529. The summed E-state index contributed by atoms with van der Waals surface area (Å²) in [4.78, 5) is 23.3. The number of hydrogen-bond acceptors (Lipinski definition) is 2. The monoisotopic (exact) mass is 332 g/mol. The van der Waals surface area contributed by atoms with Gasteiger partial charge in [-0.05, 0) is 12.0 Å². The molecule has 118 valence electrons. The number of benzene rings is 1. The largest absolute Gasteiger partial charge is 1.00 e. The fourth-order valence-corrected chi connectivity index (χ4v) is 2.59. The van der Waals surface area contributed by atoms with Gasteiger partial charge in [0.1, 0.15) is 0 Å². The van der Waals surface area contributed by atoms with Crippen molar-refractivity contribution >= 4 is 11.9 Å². The molecule has 1 rings (SSSR count). The third-order valence-corrected chi connectivity index (χ3v) is 3.90. The second kappa shape index (κ2) is 11.4. The van der Waals surface area contributed by atoms with E-state index >= 15 is 0 Å². The molecule has 22 heavy (non-hydrogen) atoms. The molecule has 1 aromatic carbocycles. The van der Waals surface area contributed by atoms with Crippen molar-refractivity contribution in [3.05, 3.63) is 35.9 Å². The molecule has 0 saturated heterocycles. The topological polar surface area (TPSA) is 74.6 Å². The van der Waals surface area contributed by atoms with Gasteiger partial charge in [0.15, 0.2) is 5.41 Å². The Morgan fingerprint density at radius 1 is 0.955 bits per heavy atom. The molecule has 5 heteroatoms. The molecule has 0 aliphatic carbocycles. The number of aliphatic carboxylic acids is 2. The summed E-state index contributed by atoms with van der Waals surface area (Å²) in [6, 6.07) is 8.27. The molecule has 0 saturated carbocycles. The van der Waals surface area contributed by atoms with Gasteiger partial charge in [0, 0.05) is 0 Å². The summed E-state index contributed by atoms with van der Waals surface area (Å²) in [5.41, 5.74) is -1.48. The molecule has 0 atom stereocenters. The smallest absolute Gasteiger partial charge is 1.00 e. The van der Waals surface area contributed by atoms with Crippen molar-refractivity contribution in [3.8, 4) is 0 Å². The van der Waals surface area contributed by atoms with Gasteiger partial charge in [-0.1, -0.05) is 75.8 Å². The first-order chi connectivity index (χ1) is 10.1. The van der Waals surface area contributed by atoms with Crippen LogP contribution in [0.4, 0.5) is 0 Å². The Kier molecular flexibility index (Phi) is 11.2. The van der Waals surface area contributed by atoms with Crippen LogP contribution in [-0.4, -0.2) is 22.2 Å². The Labute approximate surface area is 176 Å². The molecule has 0 bridgehead atoms. The van der Waals surface area contributed by atoms with Gasteiger partial charge >= 0.3 is 63.3 Å². The van der Waals surface area contributed by atoms with Crippen molar-refractivity contribution in [2.24, 2.45) is 0 Å². The Morgan fingerprint density at radius 2 is 1.45 bits per heavy atom. The van der Waals surface area contributed by atoms with Crippen LogP contribution in [0.15, 0.2) is 30.3 Å². The summed E-state index contributed by atoms with van der Waals surface area (Å²) in [7, 11) is 0. The van der Waals surface area contributed by atoms with Crippen molar-refractivity contribution in [1.29, 1.82) is 0 Å². The van der Waals surface area contributed by atoms with Crippen LogP contribution in [0, 0.1) is 0 Å². The van der Waals surface area contributed by atoms with Gasteiger partial charge in [-0.15, -0.1) is 0 Å². The van der Waals surface area contributed by atoms with Gasteiger partial charge in [0.25, 0.3) is 0 Å². The molecule has 0 radical (unpaired) electrons. The SMILES string of the molecule is CCCCCCCCC(C(=O)O)(C(=O)O)c1ccccc1.[H-].[K+]. The number of hydrogen-bond donors (Lipinski definition) is 2. The Bertz CT molecular complexity index is 451. The van der Waals surface area contributed by atoms with Crippen LogP contribution in [-0.2, 0) is 15.0 Å². The maximum Gasteiger partial charge on any atom is 1.00 e. The number of rotatable bonds is 10. The third-order valence-electron chi connectivity index (χ3n) is 3.90. The van der Waals surface area contributed by atoms with Crippen LogP contribution in [0.5, 0.6) is 0 Å². The number of carboxylic acid groups (broad SMARTS) is 2. The van der Waals surface area contributed by atoms with Crippen LogP contribution in [0.1, 0.15) is 58.9 Å². The zero-order chi connectivity index (χ0) is 15.7. The molecular weight excluding hydrogens is 307 g/mol. The van der Waals surface area contributed by atoms with E-state index in [4.69, 9.17) is 0 Å². The van der Waals surface area contributed by atoms with Gasteiger partial charge in [0.05, 0.1) is 0 Å². The van der Waals surface area contributed by atoms with E-state index in [0.717, 1.165) is 25.7 Å². The van der Waals surface area contributed by atoms with Gasteiger partial charge in [-0.3, -0.25) is 9.59 Å². The minimum atomic E-state index is -1.83. The Balaban J connectivity index is 0.